The van der Waals surface area contributed by atoms with Gasteiger partial charge in [-0.05, 0) is 30.2 Å². The second-order valence-corrected chi connectivity index (χ2v) is 16.1. The van der Waals surface area contributed by atoms with E-state index in [9.17, 15) is 0 Å². The molecule has 0 radical (unpaired) electrons. The molecule has 0 aliphatic rings. The van der Waals surface area contributed by atoms with Crippen molar-refractivity contribution >= 4 is 32.8 Å². The maximum atomic E-state index is 6.77. The van der Waals surface area contributed by atoms with Gasteiger partial charge in [-0.25, -0.2) is 0 Å². The number of hydrogen-bond acceptors (Lipinski definition) is 3. The molecule has 0 aliphatic heterocycles. The third kappa shape index (κ3) is 6.44. The molecule has 61 heavy (non-hydrogen) atoms. The van der Waals surface area contributed by atoms with E-state index in [2.05, 4.69) is 215 Å². The van der Waals surface area contributed by atoms with Gasteiger partial charge in [0.15, 0.2) is 0 Å². The Labute approximate surface area is 363 Å². The molecule has 7 aromatic carbocycles. The zero-order valence-corrected chi connectivity index (χ0v) is 35.4. The van der Waals surface area contributed by atoms with E-state index in [4.69, 9.17) is 9.72 Å². The Hall–Kier alpha value is -7.40. The van der Waals surface area contributed by atoms with E-state index in [1.54, 1.807) is 0 Å². The summed E-state index contributed by atoms with van der Waals surface area (Å²) in [4.78, 5) is 9.22. The first kappa shape index (κ1) is 36.7. The summed E-state index contributed by atoms with van der Waals surface area (Å²) in [6.45, 7) is 2.14. The van der Waals surface area contributed by atoms with Gasteiger partial charge in [0.05, 0.1) is 0 Å². The Kier molecular flexibility index (Phi) is 9.21. The summed E-state index contributed by atoms with van der Waals surface area (Å²) in [5.41, 5.74) is 14.4. The van der Waals surface area contributed by atoms with E-state index in [1.165, 1.54) is 0 Å². The number of benzene rings is 7. The van der Waals surface area contributed by atoms with Gasteiger partial charge in [-0.15, -0.1) is 0 Å². The number of hydrogen-bond donors (Lipinski definition) is 0. The number of rotatable bonds is 8. The van der Waals surface area contributed by atoms with Crippen LogP contribution >= 0.6 is 0 Å². The number of para-hydroxylation sites is 4. The van der Waals surface area contributed by atoms with Gasteiger partial charge in [0.2, 0.25) is 0 Å². The van der Waals surface area contributed by atoms with Gasteiger partial charge in [-0.3, -0.25) is 4.98 Å². The van der Waals surface area contributed by atoms with Crippen LogP contribution in [0.1, 0.15) is 5.56 Å². The minimum Gasteiger partial charge on any atom is -0.265 e. The Balaban J connectivity index is 1.02. The summed E-state index contributed by atoms with van der Waals surface area (Å²) in [7, 11) is 0. The fourth-order valence-corrected chi connectivity index (χ4v) is 9.73. The van der Waals surface area contributed by atoms with Crippen molar-refractivity contribution in [1.82, 2.24) is 23.7 Å². The molecule has 11 rings (SSSR count). The minimum absolute atomic E-state index is 0.741. The van der Waals surface area contributed by atoms with E-state index < -0.39 is 0 Å². The van der Waals surface area contributed by atoms with Gasteiger partial charge in [0.25, 0.3) is 0 Å². The molecule has 0 amide bonds. The van der Waals surface area contributed by atoms with Crippen molar-refractivity contribution < 1.29 is 24.1 Å². The van der Waals surface area contributed by atoms with Crippen LogP contribution < -0.4 is 4.74 Å². The average Bonchev–Trinajstić information content (AvgIpc) is 3.80. The number of pyridine rings is 2. The van der Waals surface area contributed by atoms with Crippen LogP contribution in [0.25, 0.3) is 83.4 Å². The van der Waals surface area contributed by atoms with Gasteiger partial charge in [0.1, 0.15) is 0 Å². The monoisotopic (exact) mass is 966 g/mol. The molecule has 0 saturated heterocycles. The van der Waals surface area contributed by atoms with Crippen LogP contribution in [0.2, 0.25) is 0 Å². The van der Waals surface area contributed by atoms with Crippen LogP contribution in [0.15, 0.2) is 207 Å². The van der Waals surface area contributed by atoms with Crippen molar-refractivity contribution in [1.29, 1.82) is 0 Å². The van der Waals surface area contributed by atoms with Crippen molar-refractivity contribution in [2.24, 2.45) is 0 Å². The van der Waals surface area contributed by atoms with Crippen molar-refractivity contribution in [2.45, 2.75) is 6.92 Å². The molecule has 0 saturated carbocycles. The number of fused-ring (bicyclic) bond motifs is 4. The first-order valence-electron chi connectivity index (χ1n) is 20.2. The topological polar surface area (TPSA) is 49.8 Å². The molecule has 0 spiro atoms. The number of nitrogens with zero attached hydrogens (tertiary/aromatic N) is 5. The molecule has 0 aliphatic carbocycles. The molecule has 4 aromatic heterocycles. The molecule has 0 bridgehead atoms. The molecular formula is C54H37N5OPt. The molecule has 0 unspecified atom stereocenters. The third-order valence-corrected chi connectivity index (χ3v) is 12.4. The smallest absolute Gasteiger partial charge is 0.265 e. The first-order valence-corrected chi connectivity index (χ1v) is 21.4. The molecule has 294 valence electrons. The fourth-order valence-electron chi connectivity index (χ4n) is 8.64. The molecule has 0 fully saturated rings. The average molecular weight is 967 g/mol. The maximum absolute atomic E-state index is 6.77. The zero-order chi connectivity index (χ0) is 40.9. The number of aryl methyl sites for hydroxylation is 1. The van der Waals surface area contributed by atoms with Crippen LogP contribution in [0.3, 0.4) is 0 Å². The molecule has 0 atom stereocenters. The van der Waals surface area contributed by atoms with Gasteiger partial charge in [0, 0.05) is 24.2 Å². The zero-order valence-electron chi connectivity index (χ0n) is 33.1. The van der Waals surface area contributed by atoms with Gasteiger partial charge in [-0.2, -0.15) is 0 Å². The third-order valence-electron chi connectivity index (χ3n) is 11.4. The fraction of sp³-hybridized carbons (Fsp3) is 0.0185. The second kappa shape index (κ2) is 15.3. The number of aromatic nitrogens is 5. The van der Waals surface area contributed by atoms with Crippen molar-refractivity contribution in [3.05, 3.63) is 216 Å². The molecule has 0 N–H and O–H groups in total. The van der Waals surface area contributed by atoms with E-state index in [0.717, 1.165) is 104 Å². The molecule has 6 nitrogen and oxygen atoms in total. The number of imidazole rings is 1. The van der Waals surface area contributed by atoms with E-state index in [-0.39, 0.29) is 0 Å². The Morgan fingerprint density at radius 1 is 0.459 bits per heavy atom. The van der Waals surface area contributed by atoms with E-state index in [0.29, 0.717) is 0 Å². The Morgan fingerprint density at radius 2 is 1.05 bits per heavy atom. The molecule has 11 aromatic rings. The van der Waals surface area contributed by atoms with Crippen LogP contribution in [-0.2, 0) is 19.4 Å². The van der Waals surface area contributed by atoms with Gasteiger partial charge < -0.3 is 0 Å². The predicted molar refractivity (Wildman–Crippen MR) is 243 cm³/mol. The van der Waals surface area contributed by atoms with Crippen LogP contribution in [0, 0.1) is 10.7 Å². The van der Waals surface area contributed by atoms with Crippen LogP contribution in [0.4, 0.5) is 0 Å². The standard InChI is InChI=1S/C54H37N5O.Pt/c1-37-32-53(56-35-48(37)40-28-30-55-31-29-40)59-49-23-9-8-20-46(49)47-27-26-43(34-52(47)59)60-42-19-12-18-41(33-42)57-36-58(51-25-11-10-24-50(51)57)54-44(38-14-4-2-5-15-38)21-13-22-45(54)39-16-6-3-7-17-39;/h2-35H,1H3;. The molecule has 7 heteroatoms. The molecule has 4 heterocycles. The predicted octanol–water partition coefficient (Wildman–Crippen LogP) is 13.5. The number of ether oxygens (including phenoxy) is 1. The summed E-state index contributed by atoms with van der Waals surface area (Å²) in [5, 5.41) is 2.30. The summed E-state index contributed by atoms with van der Waals surface area (Å²) in [5.74, 6) is 2.34. The van der Waals surface area contributed by atoms with Crippen LogP contribution in [0.5, 0.6) is 11.5 Å². The van der Waals surface area contributed by atoms with Crippen molar-refractivity contribution in [2.75, 3.05) is 0 Å². The SMILES string of the molecule is Cc1cc(-n2c3ccccc3c3ccc(Oc4cccc(-n5[c](=[Pt])n(-c6c(-c7ccccc7)cccc6-c6ccccc6)c6ccccc65)c4)cc32)ncc1-c1ccncc1. The van der Waals surface area contributed by atoms with E-state index in [1.807, 2.05) is 36.8 Å². The first-order chi connectivity index (χ1) is 30.1. The van der Waals surface area contributed by atoms with Crippen LogP contribution in [-0.4, -0.2) is 23.7 Å². The minimum atomic E-state index is 0.741. The Bertz CT molecular complexity index is 3420. The van der Waals surface area contributed by atoms with Gasteiger partial charge in [-0.1, -0.05) is 12.1 Å². The van der Waals surface area contributed by atoms with Gasteiger partial charge >= 0.3 is 294 Å². The normalized spacial score (nSPS) is 11.5. The summed E-state index contributed by atoms with van der Waals surface area (Å²) in [6, 6.07) is 66.0. The summed E-state index contributed by atoms with van der Waals surface area (Å²) < 4.78 is 14.8. The summed E-state index contributed by atoms with van der Waals surface area (Å²) in [6.07, 6.45) is 5.60. The van der Waals surface area contributed by atoms with Crippen molar-refractivity contribution in [3.8, 4) is 62.1 Å². The van der Waals surface area contributed by atoms with E-state index >= 15 is 0 Å². The quantitative estimate of drug-likeness (QED) is 0.152. The summed E-state index contributed by atoms with van der Waals surface area (Å²) >= 11 is 2.49. The van der Waals surface area contributed by atoms with Crippen molar-refractivity contribution in [3.63, 3.8) is 0 Å². The second-order valence-electron chi connectivity index (χ2n) is 15.1. The molecular weight excluding hydrogens is 930 g/mol. The Morgan fingerprint density at radius 3 is 1.75 bits per heavy atom.